The second-order valence-electron chi connectivity index (χ2n) is 3.88. The van der Waals surface area contributed by atoms with E-state index in [0.29, 0.717) is 6.54 Å². The van der Waals surface area contributed by atoms with E-state index in [0.717, 1.165) is 25.9 Å². The van der Waals surface area contributed by atoms with Crippen molar-refractivity contribution in [2.75, 3.05) is 19.6 Å². The van der Waals surface area contributed by atoms with Crippen LogP contribution in [0.25, 0.3) is 0 Å². The molecule has 1 fully saturated rings. The Hall–Kier alpha value is -0.780. The molecular weight excluding hydrogens is 209 g/mol. The van der Waals surface area contributed by atoms with E-state index in [4.69, 9.17) is 0 Å². The second-order valence-corrected chi connectivity index (χ2v) is 3.88. The van der Waals surface area contributed by atoms with Gasteiger partial charge in [-0.25, -0.2) is 0 Å². The number of carbonyl (C=O) groups is 1. The van der Waals surface area contributed by atoms with E-state index < -0.39 is 18.1 Å². The molecule has 1 atom stereocenters. The zero-order chi connectivity index (χ0) is 11.5. The number of halogens is 3. The van der Waals surface area contributed by atoms with Gasteiger partial charge < -0.3 is 10.2 Å². The fraction of sp³-hybridized carbons (Fsp3) is 0.889. The van der Waals surface area contributed by atoms with Crippen molar-refractivity contribution >= 4 is 5.91 Å². The Balaban J connectivity index is 2.28. The minimum absolute atomic E-state index is 0.461. The van der Waals surface area contributed by atoms with E-state index in [-0.39, 0.29) is 0 Å². The van der Waals surface area contributed by atoms with Crippen LogP contribution < -0.4 is 5.32 Å². The third kappa shape index (κ3) is 4.07. The van der Waals surface area contributed by atoms with Crippen molar-refractivity contribution in [3.8, 4) is 0 Å². The standard InChI is InChI=1S/C9H15F3N2O/c1-7(6-14-4-2-3-5-14)13-8(15)9(10,11)12/h7H,2-6H2,1H3,(H,13,15). The molecule has 1 rings (SSSR count). The molecule has 1 aliphatic heterocycles. The molecule has 1 amide bonds. The van der Waals surface area contributed by atoms with Gasteiger partial charge in [0, 0.05) is 12.6 Å². The molecule has 0 spiro atoms. The van der Waals surface area contributed by atoms with Gasteiger partial charge in [0.15, 0.2) is 0 Å². The Kier molecular flexibility index (Phi) is 3.96. The van der Waals surface area contributed by atoms with Crippen molar-refractivity contribution in [1.82, 2.24) is 10.2 Å². The largest absolute Gasteiger partial charge is 0.471 e. The number of nitrogens with one attached hydrogen (secondary N) is 1. The fourth-order valence-corrected chi connectivity index (χ4v) is 1.70. The lowest BCUT2D eigenvalue weighted by Crippen LogP contribution is -2.46. The third-order valence-corrected chi connectivity index (χ3v) is 2.37. The topological polar surface area (TPSA) is 32.3 Å². The van der Waals surface area contributed by atoms with Crippen LogP contribution in [0.2, 0.25) is 0 Å². The molecule has 15 heavy (non-hydrogen) atoms. The number of nitrogens with zero attached hydrogens (tertiary/aromatic N) is 1. The first-order chi connectivity index (χ1) is 6.89. The summed E-state index contributed by atoms with van der Waals surface area (Å²) in [6.07, 6.45) is -2.61. The molecule has 1 unspecified atom stereocenters. The first kappa shape index (κ1) is 12.3. The summed E-state index contributed by atoms with van der Waals surface area (Å²) in [4.78, 5) is 12.7. The van der Waals surface area contributed by atoms with Crippen molar-refractivity contribution in [2.45, 2.75) is 32.0 Å². The monoisotopic (exact) mass is 224 g/mol. The van der Waals surface area contributed by atoms with Gasteiger partial charge in [0.2, 0.25) is 0 Å². The summed E-state index contributed by atoms with van der Waals surface area (Å²) in [5, 5.41) is 1.94. The SMILES string of the molecule is CC(CN1CCCC1)NC(=O)C(F)(F)F. The van der Waals surface area contributed by atoms with Gasteiger partial charge in [0.1, 0.15) is 0 Å². The van der Waals surface area contributed by atoms with Crippen LogP contribution >= 0.6 is 0 Å². The molecule has 6 heteroatoms. The quantitative estimate of drug-likeness (QED) is 0.780. The molecule has 0 aromatic heterocycles. The number of likely N-dealkylation sites (tertiary alicyclic amines) is 1. The molecule has 1 saturated heterocycles. The van der Waals surface area contributed by atoms with Crippen molar-refractivity contribution in [1.29, 1.82) is 0 Å². The zero-order valence-corrected chi connectivity index (χ0v) is 8.60. The summed E-state index contributed by atoms with van der Waals surface area (Å²) >= 11 is 0. The van der Waals surface area contributed by atoms with Crippen LogP contribution in [0.15, 0.2) is 0 Å². The highest BCUT2D eigenvalue weighted by molar-refractivity contribution is 5.81. The summed E-state index contributed by atoms with van der Waals surface area (Å²) in [6.45, 7) is 3.89. The molecule has 0 aromatic carbocycles. The van der Waals surface area contributed by atoms with Crippen molar-refractivity contribution in [2.24, 2.45) is 0 Å². The lowest BCUT2D eigenvalue weighted by Gasteiger charge is -2.21. The summed E-state index contributed by atoms with van der Waals surface area (Å²) in [7, 11) is 0. The zero-order valence-electron chi connectivity index (χ0n) is 8.60. The van der Waals surface area contributed by atoms with Gasteiger partial charge in [-0.3, -0.25) is 4.79 Å². The minimum atomic E-state index is -4.78. The Labute approximate surface area is 86.6 Å². The second kappa shape index (κ2) is 4.83. The van der Waals surface area contributed by atoms with Crippen LogP contribution in [0.3, 0.4) is 0 Å². The minimum Gasteiger partial charge on any atom is -0.345 e. The molecule has 1 heterocycles. The molecule has 1 aliphatic rings. The van der Waals surface area contributed by atoms with Gasteiger partial charge in [-0.2, -0.15) is 13.2 Å². The van der Waals surface area contributed by atoms with Crippen molar-refractivity contribution in [3.63, 3.8) is 0 Å². The van der Waals surface area contributed by atoms with Crippen LogP contribution in [-0.2, 0) is 4.79 Å². The fourth-order valence-electron chi connectivity index (χ4n) is 1.70. The molecule has 0 radical (unpaired) electrons. The van der Waals surface area contributed by atoms with E-state index in [9.17, 15) is 18.0 Å². The molecule has 0 bridgehead atoms. The lowest BCUT2D eigenvalue weighted by atomic mass is 10.3. The van der Waals surface area contributed by atoms with E-state index in [1.54, 1.807) is 6.92 Å². The van der Waals surface area contributed by atoms with Crippen LogP contribution in [0.1, 0.15) is 19.8 Å². The van der Waals surface area contributed by atoms with Gasteiger partial charge in [-0.1, -0.05) is 0 Å². The van der Waals surface area contributed by atoms with Gasteiger partial charge in [0.05, 0.1) is 0 Å². The highest BCUT2D eigenvalue weighted by Crippen LogP contribution is 2.15. The van der Waals surface area contributed by atoms with Crippen LogP contribution in [-0.4, -0.2) is 42.7 Å². The third-order valence-electron chi connectivity index (χ3n) is 2.37. The molecule has 88 valence electrons. The number of rotatable bonds is 3. The molecule has 0 aromatic rings. The highest BCUT2D eigenvalue weighted by Gasteiger charge is 2.39. The number of hydrogen-bond donors (Lipinski definition) is 1. The van der Waals surface area contributed by atoms with E-state index >= 15 is 0 Å². The first-order valence-electron chi connectivity index (χ1n) is 4.99. The summed E-state index contributed by atoms with van der Waals surface area (Å²) in [5.41, 5.74) is 0. The van der Waals surface area contributed by atoms with Crippen LogP contribution in [0.4, 0.5) is 13.2 Å². The smallest absolute Gasteiger partial charge is 0.345 e. The maximum Gasteiger partial charge on any atom is 0.471 e. The molecule has 0 saturated carbocycles. The van der Waals surface area contributed by atoms with Gasteiger partial charge >= 0.3 is 12.1 Å². The van der Waals surface area contributed by atoms with E-state index in [2.05, 4.69) is 4.90 Å². The molecule has 3 nitrogen and oxygen atoms in total. The Morgan fingerprint density at radius 1 is 1.40 bits per heavy atom. The average Bonchev–Trinajstić information content (AvgIpc) is 2.54. The van der Waals surface area contributed by atoms with Crippen LogP contribution in [0, 0.1) is 0 Å². The van der Waals surface area contributed by atoms with Gasteiger partial charge in [0.25, 0.3) is 0 Å². The number of alkyl halides is 3. The lowest BCUT2D eigenvalue weighted by molar-refractivity contribution is -0.174. The normalized spacial score (nSPS) is 20.3. The predicted octanol–water partition coefficient (Wildman–Crippen LogP) is 1.15. The number of hydrogen-bond acceptors (Lipinski definition) is 2. The Morgan fingerprint density at radius 2 is 1.93 bits per heavy atom. The van der Waals surface area contributed by atoms with Crippen molar-refractivity contribution < 1.29 is 18.0 Å². The Bertz CT molecular complexity index is 224. The highest BCUT2D eigenvalue weighted by atomic mass is 19.4. The summed E-state index contributed by atoms with van der Waals surface area (Å²) in [6, 6.07) is -0.461. The van der Waals surface area contributed by atoms with Gasteiger partial charge in [-0.15, -0.1) is 0 Å². The van der Waals surface area contributed by atoms with E-state index in [1.165, 1.54) is 0 Å². The molecule has 1 N–H and O–H groups in total. The molecular formula is C9H15F3N2O. The van der Waals surface area contributed by atoms with Crippen LogP contribution in [0.5, 0.6) is 0 Å². The number of carbonyl (C=O) groups excluding carboxylic acids is 1. The molecule has 0 aliphatic carbocycles. The Morgan fingerprint density at radius 3 is 2.40 bits per heavy atom. The average molecular weight is 224 g/mol. The van der Waals surface area contributed by atoms with E-state index in [1.807, 2.05) is 5.32 Å². The summed E-state index contributed by atoms with van der Waals surface area (Å²) in [5.74, 6) is -1.85. The maximum atomic E-state index is 11.9. The summed E-state index contributed by atoms with van der Waals surface area (Å²) < 4.78 is 35.7. The van der Waals surface area contributed by atoms with Gasteiger partial charge in [-0.05, 0) is 32.9 Å². The first-order valence-corrected chi connectivity index (χ1v) is 4.99. The number of amides is 1. The van der Waals surface area contributed by atoms with Crippen molar-refractivity contribution in [3.05, 3.63) is 0 Å². The maximum absolute atomic E-state index is 11.9. The predicted molar refractivity (Wildman–Crippen MR) is 49.3 cm³/mol.